The third kappa shape index (κ3) is 4.11. The van der Waals surface area contributed by atoms with Crippen LogP contribution in [-0.4, -0.2) is 35.0 Å². The zero-order chi connectivity index (χ0) is 16.8. The number of hydrogen-bond donors (Lipinski definition) is 1. The van der Waals surface area contributed by atoms with Gasteiger partial charge in [0.15, 0.2) is 0 Å². The van der Waals surface area contributed by atoms with E-state index in [1.807, 2.05) is 18.2 Å². The third-order valence-corrected chi connectivity index (χ3v) is 4.47. The van der Waals surface area contributed by atoms with Crippen LogP contribution < -0.4 is 10.9 Å². The number of carbonyl (C=O) groups excluding carboxylic acids is 1. The zero-order valence-electron chi connectivity index (χ0n) is 13.7. The van der Waals surface area contributed by atoms with Crippen LogP contribution in [0.3, 0.4) is 0 Å². The summed E-state index contributed by atoms with van der Waals surface area (Å²) in [5.41, 5.74) is 1.06. The number of pyridine rings is 1. The van der Waals surface area contributed by atoms with E-state index < -0.39 is 0 Å². The van der Waals surface area contributed by atoms with E-state index in [1.165, 1.54) is 29.0 Å². The van der Waals surface area contributed by atoms with Crippen LogP contribution in [0.4, 0.5) is 0 Å². The van der Waals surface area contributed by atoms with Crippen molar-refractivity contribution in [2.24, 2.45) is 0 Å². The molecule has 1 amide bonds. The SMILES string of the molecule is O=C(Cn1ccccc1=O)NCC(c1ccccc1)N1CCCC1. The van der Waals surface area contributed by atoms with Gasteiger partial charge in [0.05, 0.1) is 6.04 Å². The Labute approximate surface area is 141 Å². The zero-order valence-corrected chi connectivity index (χ0v) is 13.7. The van der Waals surface area contributed by atoms with E-state index in [-0.39, 0.29) is 24.1 Å². The molecule has 0 radical (unpaired) electrons. The Morgan fingerprint density at radius 2 is 1.75 bits per heavy atom. The lowest BCUT2D eigenvalue weighted by atomic mass is 10.1. The minimum absolute atomic E-state index is 0.0567. The van der Waals surface area contributed by atoms with Crippen molar-refractivity contribution in [2.45, 2.75) is 25.4 Å². The van der Waals surface area contributed by atoms with Gasteiger partial charge in [-0.2, -0.15) is 0 Å². The van der Waals surface area contributed by atoms with E-state index in [1.54, 1.807) is 18.3 Å². The highest BCUT2D eigenvalue weighted by Gasteiger charge is 2.23. The molecule has 1 aliphatic heterocycles. The average Bonchev–Trinajstić information content (AvgIpc) is 3.12. The number of aromatic nitrogens is 1. The monoisotopic (exact) mass is 325 g/mol. The molecule has 1 atom stereocenters. The smallest absolute Gasteiger partial charge is 0.250 e. The standard InChI is InChI=1S/C19H23N3O2/c23-18(15-22-13-5-4-10-19(22)24)20-14-17(21-11-6-7-12-21)16-8-2-1-3-9-16/h1-5,8-10,13,17H,6-7,11-12,14-15H2,(H,20,23). The van der Waals surface area contributed by atoms with Gasteiger partial charge in [-0.05, 0) is 37.6 Å². The Kier molecular flexibility index (Phi) is 5.43. The van der Waals surface area contributed by atoms with Crippen LogP contribution in [0.2, 0.25) is 0 Å². The second-order valence-electron chi connectivity index (χ2n) is 6.14. The lowest BCUT2D eigenvalue weighted by molar-refractivity contribution is -0.122. The molecule has 1 aromatic heterocycles. The lowest BCUT2D eigenvalue weighted by Gasteiger charge is -2.28. The number of rotatable bonds is 6. The van der Waals surface area contributed by atoms with Crippen molar-refractivity contribution in [3.63, 3.8) is 0 Å². The van der Waals surface area contributed by atoms with E-state index in [0.717, 1.165) is 13.1 Å². The summed E-state index contributed by atoms with van der Waals surface area (Å²) in [5.74, 6) is -0.136. The van der Waals surface area contributed by atoms with Crippen molar-refractivity contribution in [3.8, 4) is 0 Å². The highest BCUT2D eigenvalue weighted by Crippen LogP contribution is 2.24. The van der Waals surface area contributed by atoms with Gasteiger partial charge in [-0.3, -0.25) is 14.5 Å². The van der Waals surface area contributed by atoms with Gasteiger partial charge in [0.2, 0.25) is 5.91 Å². The summed E-state index contributed by atoms with van der Waals surface area (Å²) in [7, 11) is 0. The highest BCUT2D eigenvalue weighted by molar-refractivity contribution is 5.75. The van der Waals surface area contributed by atoms with E-state index in [4.69, 9.17) is 0 Å². The van der Waals surface area contributed by atoms with Gasteiger partial charge in [-0.15, -0.1) is 0 Å². The molecule has 0 bridgehead atoms. The van der Waals surface area contributed by atoms with Crippen molar-refractivity contribution in [3.05, 3.63) is 70.6 Å². The van der Waals surface area contributed by atoms with Crippen LogP contribution >= 0.6 is 0 Å². The van der Waals surface area contributed by atoms with Crippen LogP contribution in [-0.2, 0) is 11.3 Å². The molecule has 2 aromatic rings. The highest BCUT2D eigenvalue weighted by atomic mass is 16.2. The maximum Gasteiger partial charge on any atom is 0.250 e. The van der Waals surface area contributed by atoms with E-state index >= 15 is 0 Å². The fourth-order valence-corrected chi connectivity index (χ4v) is 3.20. The van der Waals surface area contributed by atoms with Crippen LogP contribution in [0.5, 0.6) is 0 Å². The second kappa shape index (κ2) is 7.93. The normalized spacial score (nSPS) is 16.0. The fourth-order valence-electron chi connectivity index (χ4n) is 3.20. The molecule has 1 unspecified atom stereocenters. The molecule has 0 aliphatic carbocycles. The fraction of sp³-hybridized carbons (Fsp3) is 0.368. The van der Waals surface area contributed by atoms with E-state index in [9.17, 15) is 9.59 Å². The third-order valence-electron chi connectivity index (χ3n) is 4.47. The molecule has 24 heavy (non-hydrogen) atoms. The van der Waals surface area contributed by atoms with Gasteiger partial charge in [0.25, 0.3) is 5.56 Å². The Morgan fingerprint density at radius 1 is 1.04 bits per heavy atom. The molecular formula is C19H23N3O2. The molecule has 1 N–H and O–H groups in total. The van der Waals surface area contributed by atoms with E-state index in [0.29, 0.717) is 6.54 Å². The molecule has 5 nitrogen and oxygen atoms in total. The largest absolute Gasteiger partial charge is 0.353 e. The molecule has 1 fully saturated rings. The number of hydrogen-bond acceptors (Lipinski definition) is 3. The summed E-state index contributed by atoms with van der Waals surface area (Å²) in [4.78, 5) is 26.3. The first-order valence-corrected chi connectivity index (χ1v) is 8.45. The Morgan fingerprint density at radius 3 is 2.46 bits per heavy atom. The molecule has 2 heterocycles. The number of benzene rings is 1. The van der Waals surface area contributed by atoms with Gasteiger partial charge in [-0.1, -0.05) is 36.4 Å². The summed E-state index contributed by atoms with van der Waals surface area (Å²) in [6.45, 7) is 2.74. The van der Waals surface area contributed by atoms with Gasteiger partial charge >= 0.3 is 0 Å². The number of nitrogens with one attached hydrogen (secondary N) is 1. The quantitative estimate of drug-likeness (QED) is 0.881. The van der Waals surface area contributed by atoms with Gasteiger partial charge in [0, 0.05) is 18.8 Å². The summed E-state index contributed by atoms with van der Waals surface area (Å²) in [6.07, 6.45) is 4.05. The van der Waals surface area contributed by atoms with Crippen LogP contribution in [0.1, 0.15) is 24.4 Å². The summed E-state index contributed by atoms with van der Waals surface area (Å²) in [6, 6.07) is 15.4. The van der Waals surface area contributed by atoms with Crippen molar-refractivity contribution < 1.29 is 4.79 Å². The number of amides is 1. The summed E-state index contributed by atoms with van der Waals surface area (Å²) < 4.78 is 1.42. The van der Waals surface area contributed by atoms with Crippen molar-refractivity contribution in [1.29, 1.82) is 0 Å². The Hall–Kier alpha value is -2.40. The van der Waals surface area contributed by atoms with E-state index in [2.05, 4.69) is 22.3 Å². The van der Waals surface area contributed by atoms with Crippen molar-refractivity contribution in [1.82, 2.24) is 14.8 Å². The molecule has 1 aromatic carbocycles. The molecule has 0 spiro atoms. The van der Waals surface area contributed by atoms with Gasteiger partial charge in [-0.25, -0.2) is 0 Å². The molecule has 1 saturated heterocycles. The van der Waals surface area contributed by atoms with Crippen molar-refractivity contribution >= 4 is 5.91 Å². The van der Waals surface area contributed by atoms with Crippen LogP contribution in [0.25, 0.3) is 0 Å². The minimum Gasteiger partial charge on any atom is -0.353 e. The molecule has 5 heteroatoms. The topological polar surface area (TPSA) is 54.3 Å². The van der Waals surface area contributed by atoms with Crippen molar-refractivity contribution in [2.75, 3.05) is 19.6 Å². The molecule has 0 saturated carbocycles. The summed E-state index contributed by atoms with van der Waals surface area (Å²) in [5, 5.41) is 2.99. The number of likely N-dealkylation sites (tertiary alicyclic amines) is 1. The molecule has 3 rings (SSSR count). The van der Waals surface area contributed by atoms with Gasteiger partial charge in [0.1, 0.15) is 6.54 Å². The second-order valence-corrected chi connectivity index (χ2v) is 6.14. The minimum atomic E-state index is -0.160. The van der Waals surface area contributed by atoms with Crippen LogP contribution in [0.15, 0.2) is 59.5 Å². The molecule has 126 valence electrons. The maximum absolute atomic E-state index is 12.2. The number of nitrogens with zero attached hydrogens (tertiary/aromatic N) is 2. The average molecular weight is 325 g/mol. The molecule has 1 aliphatic rings. The number of carbonyl (C=O) groups is 1. The maximum atomic E-state index is 12.2. The predicted molar refractivity (Wildman–Crippen MR) is 93.7 cm³/mol. The first-order valence-electron chi connectivity index (χ1n) is 8.45. The molecular weight excluding hydrogens is 302 g/mol. The Bertz CT molecular complexity index is 721. The first kappa shape index (κ1) is 16.5. The lowest BCUT2D eigenvalue weighted by Crippen LogP contribution is -2.39. The Balaban J connectivity index is 1.64. The first-order chi connectivity index (χ1) is 11.7. The summed E-state index contributed by atoms with van der Waals surface area (Å²) >= 11 is 0. The predicted octanol–water partition coefficient (Wildman–Crippen LogP) is 1.80. The van der Waals surface area contributed by atoms with Gasteiger partial charge < -0.3 is 9.88 Å². The van der Waals surface area contributed by atoms with Crippen LogP contribution in [0, 0.1) is 0 Å².